The Bertz CT molecular complexity index is 433. The second-order valence-corrected chi connectivity index (χ2v) is 6.19. The molecule has 2 rings (SSSR count). The molecule has 1 N–H and O–H groups in total. The number of benzene rings is 1. The van der Waals surface area contributed by atoms with Gasteiger partial charge in [0.25, 0.3) is 0 Å². The summed E-state index contributed by atoms with van der Waals surface area (Å²) in [4.78, 5) is 0. The van der Waals surface area contributed by atoms with Gasteiger partial charge in [-0.2, -0.15) is 0 Å². The molecule has 0 saturated carbocycles. The van der Waals surface area contributed by atoms with Gasteiger partial charge >= 0.3 is 0 Å². The minimum atomic E-state index is -0.770. The van der Waals surface area contributed by atoms with Gasteiger partial charge in [0.1, 0.15) is 5.75 Å². The predicted octanol–water partition coefficient (Wildman–Crippen LogP) is 1.65. The van der Waals surface area contributed by atoms with Gasteiger partial charge in [-0.15, -0.1) is 0 Å². The van der Waals surface area contributed by atoms with E-state index >= 15 is 0 Å². The Kier molecular flexibility index (Phi) is 3.84. The van der Waals surface area contributed by atoms with Crippen molar-refractivity contribution in [2.24, 2.45) is 0 Å². The van der Waals surface area contributed by atoms with Crippen LogP contribution in [0.3, 0.4) is 0 Å². The van der Waals surface area contributed by atoms with Crippen molar-refractivity contribution in [2.75, 3.05) is 19.9 Å². The molecular formula is C13H19NO2S. The van der Waals surface area contributed by atoms with Crippen molar-refractivity contribution in [1.29, 1.82) is 0 Å². The predicted molar refractivity (Wildman–Crippen MR) is 71.0 cm³/mol. The zero-order valence-corrected chi connectivity index (χ0v) is 11.3. The molecule has 3 unspecified atom stereocenters. The van der Waals surface area contributed by atoms with Crippen LogP contribution >= 0.6 is 0 Å². The Morgan fingerprint density at radius 3 is 2.88 bits per heavy atom. The van der Waals surface area contributed by atoms with Gasteiger partial charge in [0, 0.05) is 22.6 Å². The van der Waals surface area contributed by atoms with Crippen LogP contribution in [0.4, 0.5) is 0 Å². The molecule has 1 aromatic carbocycles. The molecule has 0 heterocycles. The third-order valence-electron chi connectivity index (χ3n) is 3.41. The lowest BCUT2D eigenvalue weighted by molar-refractivity contribution is 0.413. The van der Waals surface area contributed by atoms with Crippen LogP contribution < -0.4 is 10.1 Å². The summed E-state index contributed by atoms with van der Waals surface area (Å²) >= 11 is 0. The van der Waals surface area contributed by atoms with Crippen molar-refractivity contribution in [3.8, 4) is 5.75 Å². The van der Waals surface area contributed by atoms with E-state index in [1.807, 2.05) is 20.0 Å². The first-order valence-corrected chi connectivity index (χ1v) is 7.30. The van der Waals surface area contributed by atoms with Crippen LogP contribution in [0.5, 0.6) is 5.75 Å². The highest BCUT2D eigenvalue weighted by Gasteiger charge is 2.34. The van der Waals surface area contributed by atoms with Crippen LogP contribution in [-0.4, -0.2) is 29.4 Å². The lowest BCUT2D eigenvalue weighted by Gasteiger charge is -2.18. The quantitative estimate of drug-likeness (QED) is 0.886. The standard InChI is InChI=1S/C13H19NO2S/c1-4-17(15)12-7-9-5-6-10(16-3)8-11(9)13(12)14-2/h5-6,8,12-14H,4,7H2,1-3H3. The minimum Gasteiger partial charge on any atom is -0.497 e. The van der Waals surface area contributed by atoms with Gasteiger partial charge in [-0.05, 0) is 36.7 Å². The zero-order chi connectivity index (χ0) is 12.4. The zero-order valence-electron chi connectivity index (χ0n) is 10.5. The molecule has 94 valence electrons. The lowest BCUT2D eigenvalue weighted by atomic mass is 10.1. The van der Waals surface area contributed by atoms with Crippen molar-refractivity contribution in [2.45, 2.75) is 24.6 Å². The average molecular weight is 253 g/mol. The summed E-state index contributed by atoms with van der Waals surface area (Å²) in [5.41, 5.74) is 2.52. The molecule has 0 aliphatic heterocycles. The molecule has 3 atom stereocenters. The number of hydrogen-bond donors (Lipinski definition) is 1. The van der Waals surface area contributed by atoms with Crippen LogP contribution in [0.25, 0.3) is 0 Å². The second-order valence-electron chi connectivity index (χ2n) is 4.24. The Balaban J connectivity index is 2.35. The van der Waals surface area contributed by atoms with Crippen molar-refractivity contribution in [1.82, 2.24) is 5.32 Å². The Morgan fingerprint density at radius 2 is 2.29 bits per heavy atom. The molecule has 1 aliphatic rings. The third-order valence-corrected chi connectivity index (χ3v) is 5.10. The highest BCUT2D eigenvalue weighted by Crippen LogP contribution is 2.36. The van der Waals surface area contributed by atoms with E-state index in [0.29, 0.717) is 5.75 Å². The maximum atomic E-state index is 12.0. The van der Waals surface area contributed by atoms with E-state index in [1.54, 1.807) is 7.11 Å². The topological polar surface area (TPSA) is 38.3 Å². The maximum Gasteiger partial charge on any atom is 0.119 e. The van der Waals surface area contributed by atoms with Crippen molar-refractivity contribution < 1.29 is 8.95 Å². The minimum absolute atomic E-state index is 0.181. The van der Waals surface area contributed by atoms with E-state index in [-0.39, 0.29) is 11.3 Å². The molecule has 0 radical (unpaired) electrons. The fourth-order valence-corrected chi connectivity index (χ4v) is 3.89. The summed E-state index contributed by atoms with van der Waals surface area (Å²) in [6.45, 7) is 1.98. The van der Waals surface area contributed by atoms with Gasteiger partial charge in [-0.3, -0.25) is 4.21 Å². The number of rotatable bonds is 4. The SMILES string of the molecule is CCS(=O)C1Cc2ccc(OC)cc2C1NC. The van der Waals surface area contributed by atoms with Gasteiger partial charge in [0.15, 0.2) is 0 Å². The van der Waals surface area contributed by atoms with Gasteiger partial charge in [0.05, 0.1) is 12.4 Å². The van der Waals surface area contributed by atoms with Crippen LogP contribution in [0.2, 0.25) is 0 Å². The monoisotopic (exact) mass is 253 g/mol. The number of fused-ring (bicyclic) bond motifs is 1. The van der Waals surface area contributed by atoms with E-state index in [1.165, 1.54) is 11.1 Å². The molecule has 0 spiro atoms. The van der Waals surface area contributed by atoms with E-state index in [2.05, 4.69) is 17.4 Å². The summed E-state index contributed by atoms with van der Waals surface area (Å²) < 4.78 is 17.3. The first-order chi connectivity index (χ1) is 8.21. The number of methoxy groups -OCH3 is 1. The number of ether oxygens (including phenoxy) is 1. The molecule has 0 saturated heterocycles. The summed E-state index contributed by atoms with van der Waals surface area (Å²) in [7, 11) is 2.83. The Labute approximate surface area is 105 Å². The van der Waals surface area contributed by atoms with Gasteiger partial charge in [-0.1, -0.05) is 13.0 Å². The fraction of sp³-hybridized carbons (Fsp3) is 0.538. The Morgan fingerprint density at radius 1 is 1.53 bits per heavy atom. The normalized spacial score (nSPS) is 24.4. The molecule has 0 amide bonds. The van der Waals surface area contributed by atoms with Crippen LogP contribution in [0.1, 0.15) is 24.1 Å². The van der Waals surface area contributed by atoms with Crippen molar-refractivity contribution in [3.05, 3.63) is 29.3 Å². The van der Waals surface area contributed by atoms with E-state index in [0.717, 1.165) is 12.2 Å². The van der Waals surface area contributed by atoms with Crippen molar-refractivity contribution >= 4 is 10.8 Å². The number of nitrogens with one attached hydrogen (secondary N) is 1. The molecule has 1 aromatic rings. The molecule has 0 bridgehead atoms. The molecule has 0 fully saturated rings. The highest BCUT2D eigenvalue weighted by atomic mass is 32.2. The van der Waals surface area contributed by atoms with Crippen LogP contribution in [0, 0.1) is 0 Å². The van der Waals surface area contributed by atoms with Crippen LogP contribution in [0.15, 0.2) is 18.2 Å². The fourth-order valence-electron chi connectivity index (χ4n) is 2.51. The summed E-state index contributed by atoms with van der Waals surface area (Å²) in [6, 6.07) is 6.30. The molecular weight excluding hydrogens is 234 g/mol. The second kappa shape index (κ2) is 5.19. The van der Waals surface area contributed by atoms with Gasteiger partial charge < -0.3 is 10.1 Å². The first-order valence-electron chi connectivity index (χ1n) is 5.92. The Hall–Kier alpha value is -0.870. The summed E-state index contributed by atoms with van der Waals surface area (Å²) in [5.74, 6) is 1.58. The lowest BCUT2D eigenvalue weighted by Crippen LogP contribution is -2.30. The molecule has 3 nitrogen and oxygen atoms in total. The highest BCUT2D eigenvalue weighted by molar-refractivity contribution is 7.85. The summed E-state index contributed by atoms with van der Waals surface area (Å²) in [6.07, 6.45) is 0.894. The molecule has 0 aromatic heterocycles. The van der Waals surface area contributed by atoms with E-state index in [4.69, 9.17) is 4.74 Å². The van der Waals surface area contributed by atoms with E-state index in [9.17, 15) is 4.21 Å². The smallest absolute Gasteiger partial charge is 0.119 e. The van der Waals surface area contributed by atoms with Crippen LogP contribution in [-0.2, 0) is 17.2 Å². The third kappa shape index (κ3) is 2.24. The van der Waals surface area contributed by atoms with Crippen molar-refractivity contribution in [3.63, 3.8) is 0 Å². The molecule has 1 aliphatic carbocycles. The first kappa shape index (κ1) is 12.6. The largest absolute Gasteiger partial charge is 0.497 e. The van der Waals surface area contributed by atoms with Gasteiger partial charge in [-0.25, -0.2) is 0 Å². The van der Waals surface area contributed by atoms with E-state index < -0.39 is 10.8 Å². The number of hydrogen-bond acceptors (Lipinski definition) is 3. The molecule has 17 heavy (non-hydrogen) atoms. The molecule has 4 heteroatoms. The maximum absolute atomic E-state index is 12.0. The average Bonchev–Trinajstić information content (AvgIpc) is 2.74. The summed E-state index contributed by atoms with van der Waals surface area (Å²) in [5, 5.41) is 3.48. The van der Waals surface area contributed by atoms with Gasteiger partial charge in [0.2, 0.25) is 0 Å².